The van der Waals surface area contributed by atoms with Gasteiger partial charge in [-0.05, 0) is 6.07 Å². The van der Waals surface area contributed by atoms with Crippen molar-refractivity contribution in [1.29, 1.82) is 0 Å². The summed E-state index contributed by atoms with van der Waals surface area (Å²) >= 11 is 1.52. The number of hydrogen-bond acceptors (Lipinski definition) is 4. The van der Waals surface area contributed by atoms with E-state index in [4.69, 9.17) is 4.42 Å². The van der Waals surface area contributed by atoms with Gasteiger partial charge >= 0.3 is 0 Å². The minimum absolute atomic E-state index is 0.223. The second-order valence-corrected chi connectivity index (χ2v) is 5.57. The van der Waals surface area contributed by atoms with Crippen molar-refractivity contribution < 1.29 is 9.21 Å². The highest BCUT2D eigenvalue weighted by Crippen LogP contribution is 2.30. The highest BCUT2D eigenvalue weighted by molar-refractivity contribution is 7.15. The Labute approximate surface area is 129 Å². The van der Waals surface area contributed by atoms with Gasteiger partial charge in [0, 0.05) is 17.1 Å². The van der Waals surface area contributed by atoms with Crippen molar-refractivity contribution in [2.75, 3.05) is 5.32 Å². The Bertz CT molecular complexity index is 923. The second kappa shape index (κ2) is 5.16. The Morgan fingerprint density at radius 3 is 2.86 bits per heavy atom. The summed E-state index contributed by atoms with van der Waals surface area (Å²) in [5, 5.41) is 4.86. The third-order valence-corrected chi connectivity index (χ3v) is 4.08. The quantitative estimate of drug-likeness (QED) is 0.624. The summed E-state index contributed by atoms with van der Waals surface area (Å²) in [6, 6.07) is 11.4. The third kappa shape index (κ3) is 2.10. The molecule has 0 saturated carbocycles. The number of amides is 1. The number of aromatic nitrogens is 2. The molecule has 0 aliphatic rings. The van der Waals surface area contributed by atoms with Crippen LogP contribution in [0.25, 0.3) is 16.2 Å². The first-order valence-corrected chi connectivity index (χ1v) is 7.55. The second-order valence-electron chi connectivity index (χ2n) is 4.70. The van der Waals surface area contributed by atoms with Crippen molar-refractivity contribution >= 4 is 28.0 Å². The van der Waals surface area contributed by atoms with Gasteiger partial charge < -0.3 is 9.73 Å². The standard InChI is InChI=1S/C16H11N3O2S/c20-15(12-6-8-21-10-12)18-14-13(11-4-2-1-3-5-11)17-16-19(14)7-9-22-16/h1-10H,(H,18,20). The first-order chi connectivity index (χ1) is 10.8. The van der Waals surface area contributed by atoms with Gasteiger partial charge in [-0.15, -0.1) is 11.3 Å². The normalized spacial score (nSPS) is 10.9. The van der Waals surface area contributed by atoms with E-state index in [0.717, 1.165) is 16.2 Å². The molecule has 0 radical (unpaired) electrons. The van der Waals surface area contributed by atoms with Gasteiger partial charge in [-0.3, -0.25) is 9.20 Å². The van der Waals surface area contributed by atoms with Crippen LogP contribution in [0.2, 0.25) is 0 Å². The van der Waals surface area contributed by atoms with Crippen LogP contribution >= 0.6 is 11.3 Å². The van der Waals surface area contributed by atoms with Crippen LogP contribution in [0.15, 0.2) is 64.9 Å². The molecule has 3 heterocycles. The Balaban J connectivity index is 1.81. The van der Waals surface area contributed by atoms with Crippen molar-refractivity contribution in [3.8, 4) is 11.3 Å². The van der Waals surface area contributed by atoms with E-state index in [1.807, 2.05) is 46.3 Å². The van der Waals surface area contributed by atoms with Crippen LogP contribution in [0.3, 0.4) is 0 Å². The van der Waals surface area contributed by atoms with Crippen molar-refractivity contribution in [3.05, 3.63) is 66.1 Å². The molecule has 22 heavy (non-hydrogen) atoms. The predicted octanol–water partition coefficient (Wildman–Crippen LogP) is 3.91. The summed E-state index contributed by atoms with van der Waals surface area (Å²) in [5.41, 5.74) is 2.19. The van der Waals surface area contributed by atoms with Crippen molar-refractivity contribution in [3.63, 3.8) is 0 Å². The molecular weight excluding hydrogens is 298 g/mol. The molecule has 6 heteroatoms. The first kappa shape index (κ1) is 12.8. The molecule has 1 N–H and O–H groups in total. The summed E-state index contributed by atoms with van der Waals surface area (Å²) in [5.74, 6) is 0.438. The summed E-state index contributed by atoms with van der Waals surface area (Å²) in [6.07, 6.45) is 4.79. The number of fused-ring (bicyclic) bond motifs is 1. The molecule has 3 aromatic heterocycles. The number of nitrogens with zero attached hydrogens (tertiary/aromatic N) is 2. The molecule has 4 rings (SSSR count). The molecule has 0 bridgehead atoms. The molecule has 108 valence electrons. The Morgan fingerprint density at radius 1 is 1.23 bits per heavy atom. The zero-order valence-electron chi connectivity index (χ0n) is 11.4. The van der Waals surface area contributed by atoms with Crippen LogP contribution < -0.4 is 5.32 Å². The van der Waals surface area contributed by atoms with Gasteiger partial charge in [0.2, 0.25) is 0 Å². The van der Waals surface area contributed by atoms with E-state index in [0.29, 0.717) is 11.4 Å². The van der Waals surface area contributed by atoms with Crippen molar-refractivity contribution in [2.45, 2.75) is 0 Å². The van der Waals surface area contributed by atoms with E-state index in [1.165, 1.54) is 23.9 Å². The number of benzene rings is 1. The maximum atomic E-state index is 12.3. The lowest BCUT2D eigenvalue weighted by Gasteiger charge is -2.05. The van der Waals surface area contributed by atoms with Crippen LogP contribution in [0.5, 0.6) is 0 Å². The fourth-order valence-electron chi connectivity index (χ4n) is 2.28. The average molecular weight is 309 g/mol. The molecule has 1 amide bonds. The summed E-state index contributed by atoms with van der Waals surface area (Å²) in [6.45, 7) is 0. The van der Waals surface area contributed by atoms with Gasteiger partial charge in [-0.25, -0.2) is 4.98 Å². The van der Waals surface area contributed by atoms with Gasteiger partial charge in [0.05, 0.1) is 11.8 Å². The van der Waals surface area contributed by atoms with E-state index in [1.54, 1.807) is 6.07 Å². The largest absolute Gasteiger partial charge is 0.472 e. The van der Waals surface area contributed by atoms with Gasteiger partial charge in [0.25, 0.3) is 5.91 Å². The minimum Gasteiger partial charge on any atom is -0.472 e. The molecule has 0 unspecified atom stereocenters. The van der Waals surface area contributed by atoms with E-state index in [-0.39, 0.29) is 5.91 Å². The van der Waals surface area contributed by atoms with Gasteiger partial charge in [-0.1, -0.05) is 30.3 Å². The molecule has 5 nitrogen and oxygen atoms in total. The van der Waals surface area contributed by atoms with Gasteiger partial charge in [-0.2, -0.15) is 0 Å². The van der Waals surface area contributed by atoms with Crippen LogP contribution in [0.4, 0.5) is 5.82 Å². The molecular formula is C16H11N3O2S. The van der Waals surface area contributed by atoms with Crippen molar-refractivity contribution in [1.82, 2.24) is 9.38 Å². The highest BCUT2D eigenvalue weighted by Gasteiger charge is 2.18. The van der Waals surface area contributed by atoms with E-state index < -0.39 is 0 Å². The molecule has 4 aromatic rings. The van der Waals surface area contributed by atoms with Crippen molar-refractivity contribution in [2.24, 2.45) is 0 Å². The molecule has 0 saturated heterocycles. The topological polar surface area (TPSA) is 59.5 Å². The zero-order chi connectivity index (χ0) is 14.9. The van der Waals surface area contributed by atoms with Gasteiger partial charge in [0.15, 0.2) is 4.96 Å². The van der Waals surface area contributed by atoms with Gasteiger partial charge in [0.1, 0.15) is 17.8 Å². The lowest BCUT2D eigenvalue weighted by molar-refractivity contribution is 0.102. The molecule has 0 fully saturated rings. The smallest absolute Gasteiger partial charge is 0.260 e. The maximum Gasteiger partial charge on any atom is 0.260 e. The lowest BCUT2D eigenvalue weighted by Crippen LogP contribution is -2.13. The number of hydrogen-bond donors (Lipinski definition) is 1. The minimum atomic E-state index is -0.223. The SMILES string of the molecule is O=C(Nc1c(-c2ccccc2)nc2sccn12)c1ccoc1. The highest BCUT2D eigenvalue weighted by atomic mass is 32.1. The van der Waals surface area contributed by atoms with E-state index >= 15 is 0 Å². The molecule has 0 aliphatic carbocycles. The Hall–Kier alpha value is -2.86. The number of nitrogens with one attached hydrogen (secondary N) is 1. The number of carbonyl (C=O) groups is 1. The lowest BCUT2D eigenvalue weighted by atomic mass is 10.1. The van der Waals surface area contributed by atoms with Crippen LogP contribution in [-0.2, 0) is 0 Å². The number of anilines is 1. The maximum absolute atomic E-state index is 12.3. The van der Waals surface area contributed by atoms with E-state index in [9.17, 15) is 4.79 Å². The number of rotatable bonds is 3. The molecule has 0 spiro atoms. The molecule has 0 atom stereocenters. The summed E-state index contributed by atoms with van der Waals surface area (Å²) in [7, 11) is 0. The zero-order valence-corrected chi connectivity index (χ0v) is 12.2. The first-order valence-electron chi connectivity index (χ1n) is 6.67. The number of furan rings is 1. The monoisotopic (exact) mass is 309 g/mol. The summed E-state index contributed by atoms with van der Waals surface area (Å²) in [4.78, 5) is 17.8. The van der Waals surface area contributed by atoms with Crippen LogP contribution in [0.1, 0.15) is 10.4 Å². The Morgan fingerprint density at radius 2 is 2.09 bits per heavy atom. The fraction of sp³-hybridized carbons (Fsp3) is 0. The van der Waals surface area contributed by atoms with E-state index in [2.05, 4.69) is 10.3 Å². The number of carbonyl (C=O) groups excluding carboxylic acids is 1. The van der Waals surface area contributed by atoms with Crippen LogP contribution in [-0.4, -0.2) is 15.3 Å². The molecule has 1 aromatic carbocycles. The number of imidazole rings is 1. The molecule has 0 aliphatic heterocycles. The number of thiazole rings is 1. The fourth-order valence-corrected chi connectivity index (χ4v) is 2.99. The third-order valence-electron chi connectivity index (χ3n) is 3.32. The summed E-state index contributed by atoms with van der Waals surface area (Å²) < 4.78 is 6.84. The Kier molecular flexibility index (Phi) is 3.01. The van der Waals surface area contributed by atoms with Crippen LogP contribution in [0, 0.1) is 0 Å². The predicted molar refractivity (Wildman–Crippen MR) is 85.2 cm³/mol. The average Bonchev–Trinajstić information content (AvgIpc) is 3.26.